The van der Waals surface area contributed by atoms with E-state index in [0.717, 1.165) is 42.7 Å². The van der Waals surface area contributed by atoms with Crippen molar-refractivity contribution >= 4 is 17.3 Å². The maximum Gasteiger partial charge on any atom is 0.191 e. The fourth-order valence-corrected chi connectivity index (χ4v) is 4.45. The summed E-state index contributed by atoms with van der Waals surface area (Å²) in [5.41, 5.74) is 1.04. The summed E-state index contributed by atoms with van der Waals surface area (Å²) < 4.78 is 10.8. The minimum Gasteiger partial charge on any atom is -0.497 e. The molecule has 0 saturated carbocycles. The van der Waals surface area contributed by atoms with Crippen molar-refractivity contribution in [1.82, 2.24) is 15.5 Å². The minimum absolute atomic E-state index is 0.557. The number of benzene rings is 1. The fraction of sp³-hybridized carbons (Fsp3) is 0.522. The van der Waals surface area contributed by atoms with Crippen LogP contribution in [0.4, 0.5) is 0 Å². The summed E-state index contributed by atoms with van der Waals surface area (Å²) in [6, 6.07) is 10.2. The number of hydrogen-bond donors (Lipinski definition) is 2. The number of rotatable bonds is 9. The van der Waals surface area contributed by atoms with Crippen molar-refractivity contribution in [2.75, 3.05) is 40.4 Å². The molecule has 0 unspecified atom stereocenters. The van der Waals surface area contributed by atoms with Gasteiger partial charge in [-0.3, -0.25) is 4.90 Å². The van der Waals surface area contributed by atoms with Crippen LogP contribution in [-0.4, -0.2) is 51.3 Å². The lowest BCUT2D eigenvalue weighted by molar-refractivity contribution is 0.179. The van der Waals surface area contributed by atoms with Crippen LogP contribution in [0.15, 0.2) is 40.7 Å². The molecule has 0 spiro atoms. The Kier molecular flexibility index (Phi) is 8.83. The molecule has 1 saturated heterocycles. The van der Waals surface area contributed by atoms with Crippen molar-refractivity contribution in [2.45, 2.75) is 32.9 Å². The van der Waals surface area contributed by atoms with Gasteiger partial charge < -0.3 is 20.1 Å². The molecule has 2 heterocycles. The van der Waals surface area contributed by atoms with E-state index in [0.29, 0.717) is 12.5 Å². The molecular weight excluding hydrogens is 396 g/mol. The lowest BCUT2D eigenvalue weighted by Gasteiger charge is -2.32. The van der Waals surface area contributed by atoms with Crippen LogP contribution in [0.2, 0.25) is 0 Å². The second kappa shape index (κ2) is 11.8. The molecule has 3 rings (SSSR count). The van der Waals surface area contributed by atoms with Crippen molar-refractivity contribution in [1.29, 1.82) is 0 Å². The van der Waals surface area contributed by atoms with Crippen molar-refractivity contribution in [3.8, 4) is 11.5 Å². The van der Waals surface area contributed by atoms with Gasteiger partial charge in [0.2, 0.25) is 0 Å². The maximum absolute atomic E-state index is 5.49. The average Bonchev–Trinajstić information content (AvgIpc) is 3.29. The summed E-state index contributed by atoms with van der Waals surface area (Å²) in [5.74, 6) is 3.13. The smallest absolute Gasteiger partial charge is 0.191 e. The summed E-state index contributed by atoms with van der Waals surface area (Å²) in [4.78, 5) is 8.79. The van der Waals surface area contributed by atoms with Crippen LogP contribution in [0.25, 0.3) is 0 Å². The summed E-state index contributed by atoms with van der Waals surface area (Å²) in [6.45, 7) is 7.87. The van der Waals surface area contributed by atoms with E-state index in [1.54, 1.807) is 14.2 Å². The predicted molar refractivity (Wildman–Crippen MR) is 125 cm³/mol. The number of hydrogen-bond acceptors (Lipinski definition) is 5. The van der Waals surface area contributed by atoms with Crippen LogP contribution < -0.4 is 20.1 Å². The van der Waals surface area contributed by atoms with E-state index in [2.05, 4.69) is 40.0 Å². The van der Waals surface area contributed by atoms with Crippen molar-refractivity contribution in [3.63, 3.8) is 0 Å². The van der Waals surface area contributed by atoms with E-state index in [-0.39, 0.29) is 0 Å². The number of methoxy groups -OCH3 is 2. The number of nitrogens with one attached hydrogen (secondary N) is 2. The van der Waals surface area contributed by atoms with Gasteiger partial charge >= 0.3 is 0 Å². The second-order valence-electron chi connectivity index (χ2n) is 7.55. The van der Waals surface area contributed by atoms with Crippen LogP contribution in [-0.2, 0) is 13.1 Å². The molecule has 1 aliphatic rings. The SMILES string of the molecule is CCNC(=NCc1ccc(OC)cc1OC)NCC1CCN(Cc2cccs2)CC1. The molecule has 0 amide bonds. The normalized spacial score (nSPS) is 15.8. The minimum atomic E-state index is 0.557. The standard InChI is InChI=1S/C23H34N4O2S/c1-4-24-23(26-16-19-7-8-20(28-2)14-22(19)29-3)25-15-18-9-11-27(12-10-18)17-21-6-5-13-30-21/h5-8,13-14,18H,4,9-12,15-17H2,1-3H3,(H2,24,25,26). The van der Waals surface area contributed by atoms with Gasteiger partial charge in [-0.05, 0) is 62.4 Å². The molecular formula is C23H34N4O2S. The first-order chi connectivity index (χ1) is 14.7. The highest BCUT2D eigenvalue weighted by atomic mass is 32.1. The number of likely N-dealkylation sites (tertiary alicyclic amines) is 1. The molecule has 2 aromatic rings. The number of thiophene rings is 1. The third kappa shape index (κ3) is 6.64. The van der Waals surface area contributed by atoms with Gasteiger partial charge in [-0.25, -0.2) is 4.99 Å². The van der Waals surface area contributed by atoms with Gasteiger partial charge in [-0.1, -0.05) is 6.07 Å². The first-order valence-corrected chi connectivity index (χ1v) is 11.6. The third-order valence-corrected chi connectivity index (χ3v) is 6.33. The zero-order valence-corrected chi connectivity index (χ0v) is 19.1. The van der Waals surface area contributed by atoms with Crippen LogP contribution in [0, 0.1) is 5.92 Å². The molecule has 0 aliphatic carbocycles. The molecule has 7 heteroatoms. The largest absolute Gasteiger partial charge is 0.497 e. The van der Waals surface area contributed by atoms with Gasteiger partial charge in [0.1, 0.15) is 11.5 Å². The van der Waals surface area contributed by atoms with E-state index >= 15 is 0 Å². The van der Waals surface area contributed by atoms with E-state index in [4.69, 9.17) is 14.5 Å². The van der Waals surface area contributed by atoms with Gasteiger partial charge in [0.05, 0.1) is 20.8 Å². The van der Waals surface area contributed by atoms with E-state index in [1.807, 2.05) is 29.5 Å². The highest BCUT2D eigenvalue weighted by Crippen LogP contribution is 2.25. The lowest BCUT2D eigenvalue weighted by atomic mass is 9.97. The van der Waals surface area contributed by atoms with Crippen molar-refractivity contribution < 1.29 is 9.47 Å². The molecule has 0 atom stereocenters. The molecule has 0 bridgehead atoms. The first kappa shape index (κ1) is 22.4. The quantitative estimate of drug-likeness (QED) is 0.469. The molecule has 2 N–H and O–H groups in total. The van der Waals surface area contributed by atoms with Crippen LogP contribution in [0.5, 0.6) is 11.5 Å². The van der Waals surface area contributed by atoms with Crippen LogP contribution in [0.3, 0.4) is 0 Å². The molecule has 30 heavy (non-hydrogen) atoms. The molecule has 0 radical (unpaired) electrons. The highest BCUT2D eigenvalue weighted by Gasteiger charge is 2.19. The van der Waals surface area contributed by atoms with Crippen molar-refractivity contribution in [2.24, 2.45) is 10.9 Å². The molecule has 1 fully saturated rings. The second-order valence-corrected chi connectivity index (χ2v) is 8.58. The van der Waals surface area contributed by atoms with E-state index in [1.165, 1.54) is 30.8 Å². The van der Waals surface area contributed by atoms with Gasteiger partial charge in [-0.15, -0.1) is 11.3 Å². The summed E-state index contributed by atoms with van der Waals surface area (Å²) in [5, 5.41) is 9.06. The summed E-state index contributed by atoms with van der Waals surface area (Å²) in [6.07, 6.45) is 2.45. The zero-order chi connectivity index (χ0) is 21.2. The number of guanidine groups is 1. The fourth-order valence-electron chi connectivity index (χ4n) is 3.70. The van der Waals surface area contributed by atoms with Gasteiger partial charge in [0, 0.05) is 36.1 Å². The Bertz CT molecular complexity index is 787. The van der Waals surface area contributed by atoms with Crippen molar-refractivity contribution in [3.05, 3.63) is 46.2 Å². The van der Waals surface area contributed by atoms with E-state index in [9.17, 15) is 0 Å². The first-order valence-electron chi connectivity index (χ1n) is 10.7. The van der Waals surface area contributed by atoms with Crippen LogP contribution in [0.1, 0.15) is 30.2 Å². The van der Waals surface area contributed by atoms with Gasteiger partial charge in [-0.2, -0.15) is 0 Å². The average molecular weight is 431 g/mol. The predicted octanol–water partition coefficient (Wildman–Crippen LogP) is 3.73. The molecule has 1 aromatic carbocycles. The number of nitrogens with zero attached hydrogens (tertiary/aromatic N) is 2. The topological polar surface area (TPSA) is 58.1 Å². The maximum atomic E-state index is 5.49. The lowest BCUT2D eigenvalue weighted by Crippen LogP contribution is -2.42. The van der Waals surface area contributed by atoms with E-state index < -0.39 is 0 Å². The van der Waals surface area contributed by atoms with Gasteiger partial charge in [0.25, 0.3) is 0 Å². The molecule has 164 valence electrons. The Hall–Kier alpha value is -2.25. The Morgan fingerprint density at radius 3 is 2.67 bits per heavy atom. The third-order valence-electron chi connectivity index (χ3n) is 5.47. The Morgan fingerprint density at radius 1 is 1.17 bits per heavy atom. The number of aliphatic imine (C=N–C) groups is 1. The number of piperidine rings is 1. The molecule has 1 aromatic heterocycles. The monoisotopic (exact) mass is 430 g/mol. The van der Waals surface area contributed by atoms with Crippen LogP contribution >= 0.6 is 11.3 Å². The zero-order valence-electron chi connectivity index (χ0n) is 18.3. The Labute approximate surface area is 184 Å². The molecule has 6 nitrogen and oxygen atoms in total. The summed E-state index contributed by atoms with van der Waals surface area (Å²) >= 11 is 1.85. The Morgan fingerprint density at radius 2 is 2.00 bits per heavy atom. The summed E-state index contributed by atoms with van der Waals surface area (Å²) in [7, 11) is 3.34. The van der Waals surface area contributed by atoms with Gasteiger partial charge in [0.15, 0.2) is 5.96 Å². The number of ether oxygens (including phenoxy) is 2. The Balaban J connectivity index is 1.48. The highest BCUT2D eigenvalue weighted by molar-refractivity contribution is 7.09. The molecule has 1 aliphatic heterocycles.